The van der Waals surface area contributed by atoms with Crippen LogP contribution in [0, 0.1) is 0 Å². The molecule has 0 fully saturated rings. The normalized spacial score (nSPS) is 14.9. The third kappa shape index (κ3) is 4.74. The number of halogens is 3. The number of aromatic nitrogens is 3. The SMILES string of the molecule is CCn1c(=O)/c(=C2\Sc3cc(Cl)ccc3N2C)s/c1=C\c1scc[n+]1Cc1cccnc1Br.[Cl-]. The highest BCUT2D eigenvalue weighted by molar-refractivity contribution is 9.10. The highest BCUT2D eigenvalue weighted by atomic mass is 79.9. The van der Waals surface area contributed by atoms with Gasteiger partial charge in [-0.2, -0.15) is 4.57 Å². The average Bonchev–Trinajstić information content (AvgIpc) is 3.46. The highest BCUT2D eigenvalue weighted by Crippen LogP contribution is 2.46. The number of hydrogen-bond donors (Lipinski definition) is 0. The Labute approximate surface area is 228 Å². The van der Waals surface area contributed by atoms with Crippen molar-refractivity contribution < 1.29 is 17.0 Å². The molecule has 0 saturated heterocycles. The Balaban J connectivity index is 0.00000274. The molecule has 4 aromatic rings. The molecule has 5 rings (SSSR count). The van der Waals surface area contributed by atoms with E-state index >= 15 is 0 Å². The Morgan fingerprint density at radius 3 is 2.88 bits per heavy atom. The van der Waals surface area contributed by atoms with Crippen molar-refractivity contribution in [2.75, 3.05) is 11.9 Å². The lowest BCUT2D eigenvalue weighted by molar-refractivity contribution is -0.685. The fourth-order valence-electron chi connectivity index (χ4n) is 3.68. The second-order valence-electron chi connectivity index (χ2n) is 7.36. The second kappa shape index (κ2) is 10.6. The molecule has 0 atom stereocenters. The topological polar surface area (TPSA) is 42.0 Å². The molecule has 0 unspecified atom stereocenters. The first-order valence-corrected chi connectivity index (χ1v) is 13.9. The first-order chi connectivity index (χ1) is 16.0. The summed E-state index contributed by atoms with van der Waals surface area (Å²) in [5, 5.41) is 4.79. The van der Waals surface area contributed by atoms with E-state index in [1.165, 1.54) is 11.3 Å². The molecule has 0 aliphatic carbocycles. The van der Waals surface area contributed by atoms with Crippen molar-refractivity contribution in [3.8, 4) is 0 Å². The zero-order valence-electron chi connectivity index (χ0n) is 18.2. The summed E-state index contributed by atoms with van der Waals surface area (Å²) >= 11 is 14.5. The molecule has 11 heteroatoms. The third-order valence-electron chi connectivity index (χ3n) is 5.35. The summed E-state index contributed by atoms with van der Waals surface area (Å²) in [6.07, 6.45) is 5.95. The van der Waals surface area contributed by atoms with Gasteiger partial charge in [0.15, 0.2) is 12.7 Å². The molecule has 34 heavy (non-hydrogen) atoms. The lowest BCUT2D eigenvalue weighted by atomic mass is 10.3. The first-order valence-electron chi connectivity index (χ1n) is 10.2. The van der Waals surface area contributed by atoms with Crippen LogP contribution in [0.15, 0.2) is 62.4 Å². The number of thiazole rings is 2. The largest absolute Gasteiger partial charge is 1.00 e. The van der Waals surface area contributed by atoms with Gasteiger partial charge in [0.2, 0.25) is 0 Å². The van der Waals surface area contributed by atoms with Gasteiger partial charge in [0.25, 0.3) is 10.6 Å². The molecular formula is C23H19BrCl2N4OS3. The van der Waals surface area contributed by atoms with Gasteiger partial charge >= 0.3 is 0 Å². The van der Waals surface area contributed by atoms with E-state index in [1.807, 2.05) is 42.8 Å². The number of anilines is 1. The fraction of sp³-hybridized carbons (Fsp3) is 0.174. The lowest BCUT2D eigenvalue weighted by Gasteiger charge is -2.12. The van der Waals surface area contributed by atoms with Gasteiger partial charge in [-0.05, 0) is 53.2 Å². The number of rotatable bonds is 4. The number of fused-ring (bicyclic) bond motifs is 1. The van der Waals surface area contributed by atoms with E-state index in [-0.39, 0.29) is 18.0 Å². The molecule has 0 N–H and O–H groups in total. The Bertz CT molecular complexity index is 1550. The second-order valence-corrected chi connectivity index (χ2v) is 11.5. The Kier molecular flexibility index (Phi) is 7.91. The molecule has 0 amide bonds. The van der Waals surface area contributed by atoms with Crippen LogP contribution in [0.25, 0.3) is 11.1 Å². The van der Waals surface area contributed by atoms with E-state index < -0.39 is 0 Å². The maximum Gasteiger partial charge on any atom is 0.271 e. The third-order valence-corrected chi connectivity index (χ3v) is 9.62. The molecule has 176 valence electrons. The van der Waals surface area contributed by atoms with E-state index in [0.29, 0.717) is 18.1 Å². The van der Waals surface area contributed by atoms with Gasteiger partial charge in [0.1, 0.15) is 18.8 Å². The van der Waals surface area contributed by atoms with Crippen LogP contribution < -0.4 is 36.6 Å². The molecule has 0 radical (unpaired) electrons. The summed E-state index contributed by atoms with van der Waals surface area (Å²) < 4.78 is 6.56. The maximum atomic E-state index is 13.4. The van der Waals surface area contributed by atoms with Gasteiger partial charge in [-0.3, -0.25) is 9.36 Å². The number of benzene rings is 1. The number of thioether (sulfide) groups is 1. The molecule has 1 aliphatic rings. The molecular weight excluding hydrogens is 595 g/mol. The molecule has 0 bridgehead atoms. The fourth-order valence-corrected chi connectivity index (χ4v) is 7.65. The monoisotopic (exact) mass is 612 g/mol. The van der Waals surface area contributed by atoms with Gasteiger partial charge in [0.05, 0.1) is 17.1 Å². The first kappa shape index (κ1) is 25.5. The predicted octanol–water partition coefficient (Wildman–Crippen LogP) is 1.28. The van der Waals surface area contributed by atoms with Crippen molar-refractivity contribution in [1.82, 2.24) is 9.55 Å². The Morgan fingerprint density at radius 2 is 2.12 bits per heavy atom. The predicted molar refractivity (Wildman–Crippen MR) is 142 cm³/mol. The zero-order chi connectivity index (χ0) is 23.1. The number of nitrogens with zero attached hydrogens (tertiary/aromatic N) is 4. The van der Waals surface area contributed by atoms with Crippen LogP contribution in [-0.2, 0) is 13.1 Å². The average molecular weight is 614 g/mol. The molecule has 1 aliphatic heterocycles. The van der Waals surface area contributed by atoms with Gasteiger partial charge in [0, 0.05) is 35.3 Å². The quantitative estimate of drug-likeness (QED) is 0.257. The molecule has 1 aromatic carbocycles. The Morgan fingerprint density at radius 1 is 1.29 bits per heavy atom. The van der Waals surface area contributed by atoms with Gasteiger partial charge in [-0.1, -0.05) is 34.7 Å². The number of pyridine rings is 1. The van der Waals surface area contributed by atoms with Crippen LogP contribution in [0.1, 0.15) is 17.5 Å². The van der Waals surface area contributed by atoms with Crippen LogP contribution in [0.2, 0.25) is 5.02 Å². The van der Waals surface area contributed by atoms with Crippen LogP contribution in [0.5, 0.6) is 0 Å². The van der Waals surface area contributed by atoms with Crippen molar-refractivity contribution in [2.24, 2.45) is 0 Å². The van der Waals surface area contributed by atoms with E-state index in [9.17, 15) is 4.79 Å². The summed E-state index contributed by atoms with van der Waals surface area (Å²) in [6.45, 7) is 3.32. The minimum atomic E-state index is 0. The van der Waals surface area contributed by atoms with E-state index in [0.717, 1.165) is 40.0 Å². The van der Waals surface area contributed by atoms with Gasteiger partial charge in [-0.15, -0.1) is 11.3 Å². The van der Waals surface area contributed by atoms with Crippen molar-refractivity contribution >= 4 is 78.8 Å². The summed E-state index contributed by atoms with van der Waals surface area (Å²) in [5.74, 6) is 0. The van der Waals surface area contributed by atoms with Crippen molar-refractivity contribution in [3.05, 3.63) is 87.9 Å². The van der Waals surface area contributed by atoms with Crippen LogP contribution >= 0.6 is 62.0 Å². The van der Waals surface area contributed by atoms with Crippen LogP contribution in [-0.4, -0.2) is 16.6 Å². The van der Waals surface area contributed by atoms with Crippen molar-refractivity contribution in [1.29, 1.82) is 0 Å². The molecule has 3 aromatic heterocycles. The van der Waals surface area contributed by atoms with E-state index in [4.69, 9.17) is 11.6 Å². The van der Waals surface area contributed by atoms with Crippen molar-refractivity contribution in [3.63, 3.8) is 0 Å². The van der Waals surface area contributed by atoms with Crippen LogP contribution in [0.3, 0.4) is 0 Å². The summed E-state index contributed by atoms with van der Waals surface area (Å²) in [6, 6.07) is 9.84. The molecule has 0 saturated carbocycles. The van der Waals surface area contributed by atoms with Gasteiger partial charge in [-0.25, -0.2) is 4.98 Å². The van der Waals surface area contributed by atoms with E-state index in [2.05, 4.69) is 54.1 Å². The minimum Gasteiger partial charge on any atom is -1.00 e. The highest BCUT2D eigenvalue weighted by Gasteiger charge is 2.25. The number of hydrogen-bond acceptors (Lipinski definition) is 6. The summed E-state index contributed by atoms with van der Waals surface area (Å²) in [5.41, 5.74) is 2.21. The van der Waals surface area contributed by atoms with Crippen molar-refractivity contribution in [2.45, 2.75) is 24.9 Å². The lowest BCUT2D eigenvalue weighted by Crippen LogP contribution is -3.00. The summed E-state index contributed by atoms with van der Waals surface area (Å²) in [7, 11) is 2.00. The zero-order valence-corrected chi connectivity index (χ0v) is 23.7. The minimum absolute atomic E-state index is 0. The van der Waals surface area contributed by atoms with Gasteiger partial charge < -0.3 is 17.3 Å². The van der Waals surface area contributed by atoms with Crippen LogP contribution in [0.4, 0.5) is 5.69 Å². The summed E-state index contributed by atoms with van der Waals surface area (Å²) in [4.78, 5) is 20.8. The molecule has 4 heterocycles. The van der Waals surface area contributed by atoms with E-state index in [1.54, 1.807) is 29.3 Å². The standard InChI is InChI=1S/C23H19BrClN4OS3.ClH/c1-3-29-19(12-18-28(9-10-31-18)13-14-5-4-8-26-21(14)24)33-20(22(29)30)23-27(2)16-7-6-15(25)11-17(16)32-23;/h4-12H,3,13H2,1-2H3;1H/q+1;/p-1/b23-20+;. The Hall–Kier alpha value is -1.62. The smallest absolute Gasteiger partial charge is 0.271 e. The molecule has 0 spiro atoms. The molecule has 5 nitrogen and oxygen atoms in total. The maximum absolute atomic E-state index is 13.4.